The highest BCUT2D eigenvalue weighted by Gasteiger charge is 2.43. The van der Waals surface area contributed by atoms with Gasteiger partial charge < -0.3 is 20.9 Å². The molecule has 1 saturated heterocycles. The van der Waals surface area contributed by atoms with Gasteiger partial charge in [0.15, 0.2) is 0 Å². The van der Waals surface area contributed by atoms with Crippen molar-refractivity contribution in [3.05, 3.63) is 30.1 Å². The molecule has 2 aromatic rings. The Morgan fingerprint density at radius 1 is 1.00 bits per heavy atom. The molecule has 0 spiro atoms. The molecule has 0 bridgehead atoms. The monoisotopic (exact) mass is 574 g/mol. The molecular weight excluding hydrogens is 533 g/mol. The first kappa shape index (κ1) is 29.5. The molecule has 1 aliphatic heterocycles. The van der Waals surface area contributed by atoms with E-state index in [1.807, 2.05) is 4.90 Å². The van der Waals surface area contributed by atoms with Crippen molar-refractivity contribution in [1.29, 1.82) is 0 Å². The zero-order chi connectivity index (χ0) is 29.4. The highest BCUT2D eigenvalue weighted by molar-refractivity contribution is 5.93. The molecule has 8 nitrogen and oxygen atoms in total. The van der Waals surface area contributed by atoms with E-state index in [1.165, 1.54) is 18.8 Å². The molecule has 3 N–H and O–H groups in total. The molecule has 4 atom stereocenters. The van der Waals surface area contributed by atoms with E-state index in [9.17, 15) is 22.8 Å². The Bertz CT molecular complexity index is 1260. The van der Waals surface area contributed by atoms with Gasteiger partial charge in [0, 0.05) is 29.4 Å². The van der Waals surface area contributed by atoms with Crippen molar-refractivity contribution in [2.75, 3.05) is 11.9 Å². The lowest BCUT2D eigenvalue weighted by Crippen LogP contribution is -2.60. The van der Waals surface area contributed by atoms with E-state index in [2.05, 4.69) is 46.7 Å². The molecule has 11 heteroatoms. The maximum Gasteiger partial charge on any atom is 0.416 e. The number of fused-ring (bicyclic) bond motifs is 1. The van der Waals surface area contributed by atoms with Gasteiger partial charge in [-0.25, -0.2) is 9.97 Å². The van der Waals surface area contributed by atoms with Crippen molar-refractivity contribution in [3.63, 3.8) is 0 Å². The quantitative estimate of drug-likeness (QED) is 0.448. The Kier molecular flexibility index (Phi) is 8.46. The number of benzene rings is 1. The molecule has 2 aliphatic carbocycles. The smallest absolute Gasteiger partial charge is 0.358 e. The van der Waals surface area contributed by atoms with Gasteiger partial charge in [0.2, 0.25) is 11.8 Å². The molecule has 0 unspecified atom stereocenters. The van der Waals surface area contributed by atoms with Crippen LogP contribution in [0, 0.1) is 5.92 Å². The average molecular weight is 575 g/mol. The number of nitrogens with one attached hydrogen (secondary N) is 3. The number of carbonyl (C=O) groups is 2. The Labute approximate surface area is 239 Å². The van der Waals surface area contributed by atoms with Crippen LogP contribution in [0.4, 0.5) is 19.0 Å². The minimum Gasteiger partial charge on any atom is -0.358 e. The van der Waals surface area contributed by atoms with Gasteiger partial charge in [-0.1, -0.05) is 19.3 Å². The fourth-order valence-corrected chi connectivity index (χ4v) is 6.77. The van der Waals surface area contributed by atoms with Gasteiger partial charge in [0.05, 0.1) is 23.2 Å². The van der Waals surface area contributed by atoms with Crippen LogP contribution in [-0.2, 0) is 15.8 Å². The van der Waals surface area contributed by atoms with Crippen LogP contribution in [0.25, 0.3) is 10.9 Å². The van der Waals surface area contributed by atoms with E-state index in [0.717, 1.165) is 57.1 Å². The van der Waals surface area contributed by atoms with E-state index in [1.54, 1.807) is 0 Å². The normalized spacial score (nSPS) is 26.4. The summed E-state index contributed by atoms with van der Waals surface area (Å²) in [5.74, 6) is 0.205. The van der Waals surface area contributed by atoms with Crippen molar-refractivity contribution < 1.29 is 22.8 Å². The minimum absolute atomic E-state index is 0.0247. The third kappa shape index (κ3) is 6.93. The lowest BCUT2D eigenvalue weighted by atomic mass is 9.83. The standard InChI is InChI=1S/C30H41F3N6O2/c1-29(2,3)38-20-10-12-25(24(16-20)37-27(40)18-7-5-4-6-8-18)39-14-13-23(28(39)41)36-26-21-15-19(30(31,32)33)9-11-22(21)34-17-35-26/h9,11,15,17-18,20,23-25,38H,4-8,10,12-14,16H2,1-3H3,(H,37,40)(H,34,35,36)/t20-,23+,24-,25+/m1/s1. The Morgan fingerprint density at radius 3 is 2.46 bits per heavy atom. The Morgan fingerprint density at radius 2 is 1.76 bits per heavy atom. The van der Waals surface area contributed by atoms with Gasteiger partial charge in [0.25, 0.3) is 0 Å². The maximum atomic E-state index is 13.7. The predicted octanol–water partition coefficient (Wildman–Crippen LogP) is 5.04. The third-order valence-corrected chi connectivity index (χ3v) is 8.67. The van der Waals surface area contributed by atoms with Gasteiger partial charge in [-0.05, 0) is 77.5 Å². The number of hydrogen-bond acceptors (Lipinski definition) is 6. The summed E-state index contributed by atoms with van der Waals surface area (Å²) in [5.41, 5.74) is -0.493. The summed E-state index contributed by atoms with van der Waals surface area (Å²) in [4.78, 5) is 37.2. The highest BCUT2D eigenvalue weighted by atomic mass is 19.4. The second-order valence-corrected chi connectivity index (χ2v) is 12.9. The van der Waals surface area contributed by atoms with E-state index < -0.39 is 17.8 Å². The van der Waals surface area contributed by atoms with Gasteiger partial charge in [-0.3, -0.25) is 9.59 Å². The number of likely N-dealkylation sites (tertiary alicyclic amines) is 1. The number of anilines is 1. The average Bonchev–Trinajstić information content (AvgIpc) is 3.27. The zero-order valence-electron chi connectivity index (χ0n) is 24.1. The maximum absolute atomic E-state index is 13.7. The number of carbonyl (C=O) groups excluding carboxylic acids is 2. The minimum atomic E-state index is -4.50. The molecule has 2 saturated carbocycles. The van der Waals surface area contributed by atoms with E-state index >= 15 is 0 Å². The van der Waals surface area contributed by atoms with Gasteiger partial charge >= 0.3 is 6.18 Å². The first-order valence-electron chi connectivity index (χ1n) is 14.9. The van der Waals surface area contributed by atoms with Crippen molar-refractivity contribution in [2.45, 2.75) is 114 Å². The molecule has 1 aromatic carbocycles. The summed E-state index contributed by atoms with van der Waals surface area (Å²) in [6, 6.07) is 2.63. The molecule has 0 radical (unpaired) electrons. The van der Waals surface area contributed by atoms with Gasteiger partial charge in [-0.2, -0.15) is 13.2 Å². The van der Waals surface area contributed by atoms with Crippen molar-refractivity contribution in [3.8, 4) is 0 Å². The van der Waals surface area contributed by atoms with Crippen LogP contribution in [0.2, 0.25) is 0 Å². The van der Waals surface area contributed by atoms with Crippen LogP contribution < -0.4 is 16.0 Å². The third-order valence-electron chi connectivity index (χ3n) is 8.67. The first-order chi connectivity index (χ1) is 19.4. The van der Waals surface area contributed by atoms with Gasteiger partial charge in [-0.15, -0.1) is 0 Å². The van der Waals surface area contributed by atoms with E-state index in [0.29, 0.717) is 18.5 Å². The van der Waals surface area contributed by atoms with Crippen LogP contribution in [0.3, 0.4) is 0 Å². The number of halogens is 3. The summed E-state index contributed by atoms with van der Waals surface area (Å²) >= 11 is 0. The summed E-state index contributed by atoms with van der Waals surface area (Å²) in [6.07, 6.45) is 4.78. The summed E-state index contributed by atoms with van der Waals surface area (Å²) in [6.45, 7) is 6.89. The second-order valence-electron chi connectivity index (χ2n) is 12.9. The molecular formula is C30H41F3N6O2. The number of aromatic nitrogens is 2. The highest BCUT2D eigenvalue weighted by Crippen LogP contribution is 2.34. The van der Waals surface area contributed by atoms with Gasteiger partial charge in [0.1, 0.15) is 18.2 Å². The van der Waals surface area contributed by atoms with Crippen molar-refractivity contribution in [1.82, 2.24) is 25.5 Å². The summed E-state index contributed by atoms with van der Waals surface area (Å²) < 4.78 is 40.1. The molecule has 3 aliphatic rings. The van der Waals surface area contributed by atoms with Crippen LogP contribution in [0.1, 0.15) is 84.1 Å². The topological polar surface area (TPSA) is 99.2 Å². The molecule has 3 fully saturated rings. The number of hydrogen-bond donors (Lipinski definition) is 3. The van der Waals surface area contributed by atoms with Crippen LogP contribution in [0.5, 0.6) is 0 Å². The summed E-state index contributed by atoms with van der Waals surface area (Å²) in [5, 5.41) is 10.4. The van der Waals surface area contributed by atoms with Crippen LogP contribution >= 0.6 is 0 Å². The zero-order valence-corrected chi connectivity index (χ0v) is 24.1. The van der Waals surface area contributed by atoms with Crippen LogP contribution in [0.15, 0.2) is 24.5 Å². The number of rotatable bonds is 6. The molecule has 41 heavy (non-hydrogen) atoms. The Hall–Kier alpha value is -2.95. The van der Waals surface area contributed by atoms with E-state index in [-0.39, 0.29) is 52.6 Å². The molecule has 1 aromatic heterocycles. The second kappa shape index (κ2) is 11.7. The number of nitrogens with zero attached hydrogens (tertiary/aromatic N) is 3. The first-order valence-corrected chi connectivity index (χ1v) is 14.9. The lowest BCUT2D eigenvalue weighted by molar-refractivity contribution is -0.137. The molecule has 5 rings (SSSR count). The fraction of sp³-hybridized carbons (Fsp3) is 0.667. The lowest BCUT2D eigenvalue weighted by Gasteiger charge is -2.43. The predicted molar refractivity (Wildman–Crippen MR) is 151 cm³/mol. The van der Waals surface area contributed by atoms with Crippen molar-refractivity contribution in [2.24, 2.45) is 5.92 Å². The largest absolute Gasteiger partial charge is 0.416 e. The Balaban J connectivity index is 1.32. The summed E-state index contributed by atoms with van der Waals surface area (Å²) in [7, 11) is 0. The number of amides is 2. The SMILES string of the molecule is CC(C)(C)N[C@@H]1CC[C@H](N2CC[C@H](Nc3ncnc4ccc(C(F)(F)F)cc34)C2=O)[C@H](NC(=O)C2CCCCC2)C1. The van der Waals surface area contributed by atoms with E-state index in [4.69, 9.17) is 0 Å². The van der Waals surface area contributed by atoms with Crippen molar-refractivity contribution >= 4 is 28.5 Å². The fourth-order valence-electron chi connectivity index (χ4n) is 6.77. The molecule has 224 valence electrons. The number of alkyl halides is 3. The molecule has 2 heterocycles. The molecule has 2 amide bonds. The van der Waals surface area contributed by atoms with Crippen LogP contribution in [-0.4, -0.2) is 62.9 Å².